The van der Waals surface area contributed by atoms with E-state index in [2.05, 4.69) is 24.0 Å². The predicted octanol–water partition coefficient (Wildman–Crippen LogP) is 4.49. The number of aromatic nitrogens is 3. The van der Waals surface area contributed by atoms with Gasteiger partial charge in [-0.15, -0.1) is 5.10 Å². The second kappa shape index (κ2) is 8.64. The van der Waals surface area contributed by atoms with Crippen molar-refractivity contribution in [1.29, 1.82) is 0 Å². The van der Waals surface area contributed by atoms with E-state index in [0.29, 0.717) is 28.9 Å². The Labute approximate surface area is 215 Å². The van der Waals surface area contributed by atoms with Crippen LogP contribution in [0.3, 0.4) is 0 Å². The van der Waals surface area contributed by atoms with Gasteiger partial charge >= 0.3 is 0 Å². The zero-order valence-electron chi connectivity index (χ0n) is 22.4. The number of ketones is 1. The van der Waals surface area contributed by atoms with Crippen LogP contribution in [0.4, 0.5) is 0 Å². The first-order chi connectivity index (χ1) is 17.1. The van der Waals surface area contributed by atoms with Crippen molar-refractivity contribution >= 4 is 11.7 Å². The molecule has 7 nitrogen and oxygen atoms in total. The maximum absolute atomic E-state index is 13.6. The molecule has 1 aromatic heterocycles. The van der Waals surface area contributed by atoms with Gasteiger partial charge < -0.3 is 10.0 Å². The summed E-state index contributed by atoms with van der Waals surface area (Å²) >= 11 is 0. The molecule has 0 unspecified atom stereocenters. The molecule has 36 heavy (non-hydrogen) atoms. The van der Waals surface area contributed by atoms with Gasteiger partial charge in [-0.1, -0.05) is 13.8 Å². The van der Waals surface area contributed by atoms with E-state index in [9.17, 15) is 14.7 Å². The molecule has 0 radical (unpaired) electrons. The van der Waals surface area contributed by atoms with E-state index in [-0.39, 0.29) is 29.6 Å². The van der Waals surface area contributed by atoms with Crippen molar-refractivity contribution < 1.29 is 14.7 Å². The van der Waals surface area contributed by atoms with E-state index in [1.165, 1.54) is 30.3 Å². The zero-order valence-corrected chi connectivity index (χ0v) is 22.4. The van der Waals surface area contributed by atoms with Gasteiger partial charge in [-0.3, -0.25) is 9.59 Å². The van der Waals surface area contributed by atoms with Gasteiger partial charge in [0, 0.05) is 19.0 Å². The van der Waals surface area contributed by atoms with Crippen LogP contribution in [0.2, 0.25) is 0 Å². The van der Waals surface area contributed by atoms with Crippen LogP contribution >= 0.6 is 0 Å². The Morgan fingerprint density at radius 2 is 1.72 bits per heavy atom. The number of amides is 1. The number of rotatable bonds is 4. The number of carbonyl (C=O) groups excluding carboxylic acids is 2. The lowest BCUT2D eigenvalue weighted by Crippen LogP contribution is -2.55. The van der Waals surface area contributed by atoms with Crippen molar-refractivity contribution in [2.45, 2.75) is 104 Å². The minimum Gasteiger partial charge on any atom is -0.390 e. The maximum atomic E-state index is 13.6. The Morgan fingerprint density at radius 1 is 0.972 bits per heavy atom. The van der Waals surface area contributed by atoms with Crippen LogP contribution in [0.1, 0.15) is 102 Å². The number of hydrogen-bond donors (Lipinski definition) is 1. The average molecular weight is 497 g/mol. The van der Waals surface area contributed by atoms with Crippen LogP contribution in [0.5, 0.6) is 0 Å². The minimum atomic E-state index is -0.495. The summed E-state index contributed by atoms with van der Waals surface area (Å²) in [6.07, 6.45) is 13.6. The lowest BCUT2D eigenvalue weighted by Gasteiger charge is -2.61. The van der Waals surface area contributed by atoms with E-state index >= 15 is 0 Å². The summed E-state index contributed by atoms with van der Waals surface area (Å²) in [6, 6.07) is 0. The highest BCUT2D eigenvalue weighted by molar-refractivity contribution is 5.92. The van der Waals surface area contributed by atoms with Crippen molar-refractivity contribution in [3.63, 3.8) is 0 Å². The number of likely N-dealkylation sites (tertiary alicyclic amines) is 1. The fraction of sp³-hybridized carbons (Fsp3) is 0.862. The van der Waals surface area contributed by atoms with Crippen LogP contribution in [-0.4, -0.2) is 55.4 Å². The first kappa shape index (κ1) is 24.6. The Bertz CT molecular complexity index is 1030. The molecule has 1 N–H and O–H groups in total. The number of aliphatic hydroxyl groups is 1. The summed E-state index contributed by atoms with van der Waals surface area (Å²) < 4.78 is 0. The van der Waals surface area contributed by atoms with Crippen LogP contribution in [0.25, 0.3) is 0 Å². The Hall–Kier alpha value is -1.76. The molecule has 198 valence electrons. The molecule has 7 heteroatoms. The van der Waals surface area contributed by atoms with Gasteiger partial charge in [0.15, 0.2) is 11.5 Å². The number of hydrogen-bond acceptors (Lipinski definition) is 5. The number of fused-ring (bicyclic) bond motifs is 5. The summed E-state index contributed by atoms with van der Waals surface area (Å²) in [5.41, 5.74) is 0.261. The molecule has 5 aliphatic rings. The summed E-state index contributed by atoms with van der Waals surface area (Å²) in [7, 11) is 0. The van der Waals surface area contributed by atoms with Crippen LogP contribution in [0.15, 0.2) is 6.20 Å². The number of nitrogens with zero attached hydrogens (tertiary/aromatic N) is 4. The molecule has 0 bridgehead atoms. The van der Waals surface area contributed by atoms with Crippen LogP contribution in [-0.2, 0) is 11.3 Å². The van der Waals surface area contributed by atoms with Gasteiger partial charge in [0.25, 0.3) is 5.91 Å². The Morgan fingerprint density at radius 3 is 2.50 bits per heavy atom. The molecule has 5 fully saturated rings. The van der Waals surface area contributed by atoms with Gasteiger partial charge in [-0.2, -0.15) is 9.90 Å². The first-order valence-electron chi connectivity index (χ1n) is 14.6. The minimum absolute atomic E-state index is 0.0585. The standard InChI is InChI=1S/C29H44N4O3/c1-27(36)12-13-28(2)19(16-27)6-7-20-21-8-9-23(29(21,3)11-10-22(20)28)25(34)18-33-30-17-24(31-33)26(35)32-14-4-5-15-32/h17,19-23,36H,4-16,18H2,1-3H3/t19-,20+,21+,22+,23-,27-,28+,29+/m1/s1. The summed E-state index contributed by atoms with van der Waals surface area (Å²) in [6.45, 7) is 8.69. The summed E-state index contributed by atoms with van der Waals surface area (Å²) in [5, 5.41) is 19.4. The molecule has 0 spiro atoms. The normalized spacial score (nSPS) is 44.1. The SMILES string of the molecule is C[C@@]1(O)CC[C@@]2(C)[C@H](CC[C@@H]3[C@@H]2CC[C@]2(C)[C@@H](C(=O)Cn4ncc(C(=O)N5CCCC5)n4)CC[C@@H]32)C1. The predicted molar refractivity (Wildman–Crippen MR) is 136 cm³/mol. The Balaban J connectivity index is 1.14. The van der Waals surface area contributed by atoms with E-state index in [0.717, 1.165) is 70.4 Å². The smallest absolute Gasteiger partial charge is 0.276 e. The number of carbonyl (C=O) groups is 2. The first-order valence-corrected chi connectivity index (χ1v) is 14.6. The van der Waals surface area contributed by atoms with Crippen LogP contribution < -0.4 is 0 Å². The van der Waals surface area contributed by atoms with E-state index in [1.54, 1.807) is 0 Å². The van der Waals surface area contributed by atoms with Gasteiger partial charge in [0.2, 0.25) is 0 Å². The van der Waals surface area contributed by atoms with Gasteiger partial charge in [-0.05, 0) is 112 Å². The van der Waals surface area contributed by atoms with Gasteiger partial charge in [0.1, 0.15) is 6.54 Å². The lowest BCUT2D eigenvalue weighted by molar-refractivity contribution is -0.151. The third-order valence-corrected chi connectivity index (χ3v) is 11.8. The molecular weight excluding hydrogens is 452 g/mol. The topological polar surface area (TPSA) is 88.3 Å². The highest BCUT2D eigenvalue weighted by atomic mass is 16.3. The monoisotopic (exact) mass is 496 g/mol. The zero-order chi connectivity index (χ0) is 25.3. The third-order valence-electron chi connectivity index (χ3n) is 11.8. The quantitative estimate of drug-likeness (QED) is 0.663. The fourth-order valence-corrected chi connectivity index (χ4v) is 9.76. The highest BCUT2D eigenvalue weighted by Gasteiger charge is 2.61. The largest absolute Gasteiger partial charge is 0.390 e. The second-order valence-electron chi connectivity index (χ2n) is 13.8. The molecule has 1 aromatic rings. The molecule has 6 rings (SSSR count). The maximum Gasteiger partial charge on any atom is 0.276 e. The van der Waals surface area contributed by atoms with Crippen molar-refractivity contribution in [3.05, 3.63) is 11.9 Å². The molecule has 1 aliphatic heterocycles. The molecule has 1 amide bonds. The molecule has 8 atom stereocenters. The fourth-order valence-electron chi connectivity index (χ4n) is 9.76. The summed E-state index contributed by atoms with van der Waals surface area (Å²) in [4.78, 5) is 29.5. The van der Waals surface area contributed by atoms with Gasteiger partial charge in [0.05, 0.1) is 11.8 Å². The highest BCUT2D eigenvalue weighted by Crippen LogP contribution is 2.68. The number of Topliss-reactive ketones (excluding diaryl/α,β-unsaturated/α-hetero) is 1. The van der Waals surface area contributed by atoms with Crippen molar-refractivity contribution in [2.75, 3.05) is 13.1 Å². The molecular formula is C29H44N4O3. The average Bonchev–Trinajstić information content (AvgIpc) is 3.58. The molecule has 4 saturated carbocycles. The molecule has 4 aliphatic carbocycles. The Kier molecular flexibility index (Phi) is 5.90. The second-order valence-corrected chi connectivity index (χ2v) is 13.8. The van der Waals surface area contributed by atoms with Crippen molar-refractivity contribution in [1.82, 2.24) is 19.9 Å². The van der Waals surface area contributed by atoms with E-state index in [1.807, 2.05) is 11.8 Å². The lowest BCUT2D eigenvalue weighted by atomic mass is 9.44. The van der Waals surface area contributed by atoms with Crippen LogP contribution in [0, 0.1) is 40.4 Å². The van der Waals surface area contributed by atoms with Crippen molar-refractivity contribution in [3.8, 4) is 0 Å². The molecule has 0 aromatic carbocycles. The van der Waals surface area contributed by atoms with Gasteiger partial charge in [-0.25, -0.2) is 0 Å². The molecule has 2 heterocycles. The molecule has 1 saturated heterocycles. The van der Waals surface area contributed by atoms with Crippen molar-refractivity contribution in [2.24, 2.45) is 40.4 Å². The van der Waals surface area contributed by atoms with E-state index < -0.39 is 5.60 Å². The van der Waals surface area contributed by atoms with E-state index in [4.69, 9.17) is 0 Å². The summed E-state index contributed by atoms with van der Waals surface area (Å²) in [5.74, 6) is 2.92. The third kappa shape index (κ3) is 3.86.